The molecule has 104 valence electrons. The number of aromatic amines is 1. The Morgan fingerprint density at radius 3 is 2.80 bits per heavy atom. The fourth-order valence-electron chi connectivity index (χ4n) is 2.17. The van der Waals surface area contributed by atoms with Crippen LogP contribution in [0.1, 0.15) is 17.7 Å². The van der Waals surface area contributed by atoms with Crippen molar-refractivity contribution in [1.29, 1.82) is 0 Å². The summed E-state index contributed by atoms with van der Waals surface area (Å²) < 4.78 is 1.80. The van der Waals surface area contributed by atoms with Crippen molar-refractivity contribution in [2.75, 3.05) is 0 Å². The van der Waals surface area contributed by atoms with Crippen molar-refractivity contribution < 1.29 is 0 Å². The second-order valence-electron chi connectivity index (χ2n) is 4.90. The lowest BCUT2D eigenvalue weighted by molar-refractivity contribution is 0.716. The summed E-state index contributed by atoms with van der Waals surface area (Å²) in [6.07, 6.45) is 3.87. The molecule has 2 aromatic heterocycles. The minimum atomic E-state index is 0.0115. The first-order valence-electron chi connectivity index (χ1n) is 6.49. The molecule has 0 aliphatic carbocycles. The van der Waals surface area contributed by atoms with Gasteiger partial charge in [-0.25, -0.2) is 4.98 Å². The minimum Gasteiger partial charge on any atom is -0.333 e. The van der Waals surface area contributed by atoms with E-state index in [1.807, 2.05) is 50.6 Å². The largest absolute Gasteiger partial charge is 0.333 e. The first-order valence-corrected chi connectivity index (χ1v) is 7.37. The number of rotatable bonds is 4. The van der Waals surface area contributed by atoms with Crippen molar-refractivity contribution in [3.05, 3.63) is 42.2 Å². The topological polar surface area (TPSA) is 72.5 Å². The second kappa shape index (κ2) is 5.30. The Morgan fingerprint density at radius 2 is 2.15 bits per heavy atom. The predicted octanol–water partition coefficient (Wildman–Crippen LogP) is 2.48. The number of nitrogens with one attached hydrogen (secondary N) is 1. The summed E-state index contributed by atoms with van der Waals surface area (Å²) in [6, 6.07) is 8.02. The quantitative estimate of drug-likeness (QED) is 0.723. The molecule has 0 amide bonds. The zero-order valence-corrected chi connectivity index (χ0v) is 12.3. The van der Waals surface area contributed by atoms with Crippen molar-refractivity contribution in [2.45, 2.75) is 23.4 Å². The zero-order chi connectivity index (χ0) is 14.1. The Hall–Kier alpha value is -1.79. The van der Waals surface area contributed by atoms with Gasteiger partial charge in [-0.2, -0.15) is 5.10 Å². The highest BCUT2D eigenvalue weighted by Gasteiger charge is 2.21. The lowest BCUT2D eigenvalue weighted by Gasteiger charge is -2.17. The lowest BCUT2D eigenvalue weighted by Crippen LogP contribution is -2.22. The maximum atomic E-state index is 6.12. The Labute approximate surface area is 121 Å². The van der Waals surface area contributed by atoms with Crippen LogP contribution in [0.25, 0.3) is 11.0 Å². The molecule has 0 spiro atoms. The van der Waals surface area contributed by atoms with Crippen LogP contribution in [0.5, 0.6) is 0 Å². The molecular formula is C14H17N5S. The molecule has 0 radical (unpaired) electrons. The van der Waals surface area contributed by atoms with E-state index in [0.717, 1.165) is 21.8 Å². The third-order valence-electron chi connectivity index (χ3n) is 3.14. The molecule has 2 heterocycles. The average Bonchev–Trinajstić information content (AvgIpc) is 3.01. The van der Waals surface area contributed by atoms with Crippen molar-refractivity contribution in [2.24, 2.45) is 12.8 Å². The number of nitrogens with zero attached hydrogens (tertiary/aromatic N) is 3. The Morgan fingerprint density at radius 1 is 1.35 bits per heavy atom. The fourth-order valence-corrected chi connectivity index (χ4v) is 3.20. The number of thioether (sulfide) groups is 1. The van der Waals surface area contributed by atoms with Crippen LogP contribution in [0.3, 0.4) is 0 Å². The minimum absolute atomic E-state index is 0.0115. The predicted molar refractivity (Wildman–Crippen MR) is 81.5 cm³/mol. The van der Waals surface area contributed by atoms with Crippen LogP contribution in [0.15, 0.2) is 41.8 Å². The van der Waals surface area contributed by atoms with Crippen molar-refractivity contribution in [3.63, 3.8) is 0 Å². The number of nitrogens with two attached hydrogens (primary N) is 1. The van der Waals surface area contributed by atoms with Gasteiger partial charge < -0.3 is 10.7 Å². The summed E-state index contributed by atoms with van der Waals surface area (Å²) in [7, 11) is 1.91. The normalized spacial score (nSPS) is 14.6. The molecule has 0 fully saturated rings. The molecule has 0 aliphatic rings. The zero-order valence-electron chi connectivity index (χ0n) is 11.4. The molecule has 0 aliphatic heterocycles. The van der Waals surface area contributed by atoms with Gasteiger partial charge in [0.2, 0.25) is 0 Å². The van der Waals surface area contributed by atoms with Crippen molar-refractivity contribution in [3.8, 4) is 0 Å². The van der Waals surface area contributed by atoms with Crippen LogP contribution in [0.4, 0.5) is 0 Å². The van der Waals surface area contributed by atoms with Gasteiger partial charge in [0.1, 0.15) is 0 Å². The maximum Gasteiger partial charge on any atom is 0.167 e. The van der Waals surface area contributed by atoms with Gasteiger partial charge in [0, 0.05) is 24.8 Å². The molecule has 6 heteroatoms. The van der Waals surface area contributed by atoms with Crippen LogP contribution < -0.4 is 5.73 Å². The molecule has 2 unspecified atom stereocenters. The smallest absolute Gasteiger partial charge is 0.167 e. The van der Waals surface area contributed by atoms with E-state index in [1.54, 1.807) is 16.4 Å². The second-order valence-corrected chi connectivity index (χ2v) is 6.03. The van der Waals surface area contributed by atoms with Crippen molar-refractivity contribution in [1.82, 2.24) is 19.7 Å². The molecule has 1 aromatic carbocycles. The lowest BCUT2D eigenvalue weighted by atomic mass is 10.1. The molecule has 3 N–H and O–H groups in total. The number of para-hydroxylation sites is 2. The van der Waals surface area contributed by atoms with Gasteiger partial charge in [-0.1, -0.05) is 23.9 Å². The monoisotopic (exact) mass is 287 g/mol. The fraction of sp³-hybridized carbons (Fsp3) is 0.286. The summed E-state index contributed by atoms with van der Waals surface area (Å²) in [5.41, 5.74) is 9.26. The standard InChI is InChI=1S/C14H17N5S/c1-9(15)13(10-7-16-19(2)8-10)20-14-17-11-5-3-4-6-12(11)18-14/h3-9,13H,15H2,1-2H3,(H,17,18). The van der Waals surface area contributed by atoms with E-state index in [0.29, 0.717) is 0 Å². The highest BCUT2D eigenvalue weighted by molar-refractivity contribution is 7.99. The third-order valence-corrected chi connectivity index (χ3v) is 4.51. The van der Waals surface area contributed by atoms with Gasteiger partial charge in [-0.15, -0.1) is 0 Å². The molecule has 2 atom stereocenters. The SMILES string of the molecule is CC(N)C(Sc1nc2ccccc2[nH]1)c1cnn(C)c1. The first-order chi connectivity index (χ1) is 9.63. The summed E-state index contributed by atoms with van der Waals surface area (Å²) in [5.74, 6) is 0. The average molecular weight is 287 g/mol. The number of hydrogen-bond acceptors (Lipinski definition) is 4. The van der Waals surface area contributed by atoms with E-state index in [9.17, 15) is 0 Å². The van der Waals surface area contributed by atoms with Crippen LogP contribution in [-0.4, -0.2) is 25.8 Å². The van der Waals surface area contributed by atoms with Crippen LogP contribution in [0, 0.1) is 0 Å². The number of imidazole rings is 1. The summed E-state index contributed by atoms with van der Waals surface area (Å²) in [5, 5.41) is 5.24. The summed E-state index contributed by atoms with van der Waals surface area (Å²) in [4.78, 5) is 7.92. The molecule has 0 bridgehead atoms. The number of H-pyrrole nitrogens is 1. The van der Waals surface area contributed by atoms with E-state index in [4.69, 9.17) is 5.73 Å². The molecule has 3 aromatic rings. The van der Waals surface area contributed by atoms with Gasteiger partial charge in [-0.3, -0.25) is 4.68 Å². The highest BCUT2D eigenvalue weighted by atomic mass is 32.2. The van der Waals surface area contributed by atoms with E-state index in [-0.39, 0.29) is 11.3 Å². The Kier molecular flexibility index (Phi) is 3.50. The number of benzene rings is 1. The Bertz CT molecular complexity index is 682. The van der Waals surface area contributed by atoms with Gasteiger partial charge in [0.25, 0.3) is 0 Å². The number of aromatic nitrogens is 4. The van der Waals surface area contributed by atoms with Crippen molar-refractivity contribution >= 4 is 22.8 Å². The summed E-state index contributed by atoms with van der Waals surface area (Å²) in [6.45, 7) is 2.01. The van der Waals surface area contributed by atoms with E-state index >= 15 is 0 Å². The van der Waals surface area contributed by atoms with Crippen LogP contribution in [0.2, 0.25) is 0 Å². The molecule has 3 rings (SSSR count). The molecule has 5 nitrogen and oxygen atoms in total. The Balaban J connectivity index is 1.89. The third kappa shape index (κ3) is 2.57. The maximum absolute atomic E-state index is 6.12. The molecule has 0 saturated carbocycles. The van der Waals surface area contributed by atoms with Crippen LogP contribution >= 0.6 is 11.8 Å². The van der Waals surface area contributed by atoms with Gasteiger partial charge >= 0.3 is 0 Å². The van der Waals surface area contributed by atoms with Gasteiger partial charge in [-0.05, 0) is 19.1 Å². The molecule has 20 heavy (non-hydrogen) atoms. The number of aryl methyl sites for hydroxylation is 1. The van der Waals surface area contributed by atoms with Crippen LogP contribution in [-0.2, 0) is 7.05 Å². The number of hydrogen-bond donors (Lipinski definition) is 2. The van der Waals surface area contributed by atoms with E-state index < -0.39 is 0 Å². The molecule has 0 saturated heterocycles. The van der Waals surface area contributed by atoms with Gasteiger partial charge in [0.05, 0.1) is 22.5 Å². The number of fused-ring (bicyclic) bond motifs is 1. The molecular weight excluding hydrogens is 270 g/mol. The first kappa shape index (κ1) is 13.2. The summed E-state index contributed by atoms with van der Waals surface area (Å²) >= 11 is 1.64. The van der Waals surface area contributed by atoms with Gasteiger partial charge in [0.15, 0.2) is 5.16 Å². The highest BCUT2D eigenvalue weighted by Crippen LogP contribution is 2.36. The van der Waals surface area contributed by atoms with E-state index in [2.05, 4.69) is 15.1 Å². The van der Waals surface area contributed by atoms with E-state index in [1.165, 1.54) is 0 Å².